The van der Waals surface area contributed by atoms with E-state index in [4.69, 9.17) is 4.74 Å². The first-order valence-corrected chi connectivity index (χ1v) is 7.61. The average Bonchev–Trinajstić information content (AvgIpc) is 2.48. The number of hydrogen-bond donors (Lipinski definition) is 1. The van der Waals surface area contributed by atoms with Crippen LogP contribution < -0.4 is 10.1 Å². The van der Waals surface area contributed by atoms with E-state index in [0.29, 0.717) is 11.8 Å². The molecule has 0 bridgehead atoms. The van der Waals surface area contributed by atoms with Crippen LogP contribution >= 0.6 is 11.8 Å². The van der Waals surface area contributed by atoms with Gasteiger partial charge in [0.25, 0.3) is 0 Å². The lowest BCUT2D eigenvalue weighted by molar-refractivity contribution is -0.113. The molecule has 21 heavy (non-hydrogen) atoms. The van der Waals surface area contributed by atoms with Crippen molar-refractivity contribution in [1.29, 1.82) is 0 Å². The van der Waals surface area contributed by atoms with Gasteiger partial charge in [0.15, 0.2) is 5.16 Å². The van der Waals surface area contributed by atoms with Gasteiger partial charge in [0.2, 0.25) is 5.91 Å². The molecule has 2 rings (SSSR count). The Morgan fingerprint density at radius 2 is 2.05 bits per heavy atom. The maximum absolute atomic E-state index is 11.9. The summed E-state index contributed by atoms with van der Waals surface area (Å²) in [6.45, 7) is 4.45. The zero-order valence-corrected chi connectivity index (χ0v) is 12.8. The van der Waals surface area contributed by atoms with E-state index in [-0.39, 0.29) is 11.7 Å². The number of carbonyl (C=O) groups excluding carboxylic acids is 1. The predicted octanol–water partition coefficient (Wildman–Crippen LogP) is 2.91. The molecule has 0 saturated carbocycles. The number of hydrogen-bond acceptors (Lipinski definition) is 5. The Bertz CT molecular complexity index is 602. The van der Waals surface area contributed by atoms with Crippen LogP contribution in [0.4, 0.5) is 5.69 Å². The summed E-state index contributed by atoms with van der Waals surface area (Å²) in [5.74, 6) is 0.976. The van der Waals surface area contributed by atoms with Gasteiger partial charge in [0.1, 0.15) is 5.75 Å². The molecule has 1 N–H and O–H groups in total. The van der Waals surface area contributed by atoms with Crippen LogP contribution in [0.5, 0.6) is 5.75 Å². The van der Waals surface area contributed by atoms with Crippen molar-refractivity contribution in [1.82, 2.24) is 9.97 Å². The van der Waals surface area contributed by atoms with Crippen LogP contribution in [0.2, 0.25) is 0 Å². The van der Waals surface area contributed by atoms with Crippen LogP contribution in [-0.4, -0.2) is 28.2 Å². The molecule has 1 amide bonds. The van der Waals surface area contributed by atoms with E-state index >= 15 is 0 Å². The van der Waals surface area contributed by atoms with E-state index in [1.165, 1.54) is 11.8 Å². The van der Waals surface area contributed by atoms with Crippen molar-refractivity contribution in [3.05, 3.63) is 42.2 Å². The van der Waals surface area contributed by atoms with Gasteiger partial charge in [-0.2, -0.15) is 0 Å². The second kappa shape index (κ2) is 7.64. The van der Waals surface area contributed by atoms with Crippen LogP contribution in [0, 0.1) is 6.92 Å². The van der Waals surface area contributed by atoms with Crippen LogP contribution in [0.3, 0.4) is 0 Å². The summed E-state index contributed by atoms with van der Waals surface area (Å²) in [7, 11) is 0. The predicted molar refractivity (Wildman–Crippen MR) is 83.7 cm³/mol. The summed E-state index contributed by atoms with van der Waals surface area (Å²) in [5, 5.41) is 3.43. The molecule has 110 valence electrons. The quantitative estimate of drug-likeness (QED) is 0.656. The highest BCUT2D eigenvalue weighted by atomic mass is 32.2. The largest absolute Gasteiger partial charge is 0.494 e. The minimum absolute atomic E-state index is 0.0886. The number of thioether (sulfide) groups is 1. The average molecular weight is 303 g/mol. The van der Waals surface area contributed by atoms with Crippen molar-refractivity contribution < 1.29 is 9.53 Å². The van der Waals surface area contributed by atoms with E-state index in [9.17, 15) is 4.79 Å². The standard InChI is InChI=1S/C15H17N3O2S/c1-3-20-13-6-4-12(5-7-13)18-14(19)10-21-15-16-9-8-11(2)17-15/h4-9H,3,10H2,1-2H3,(H,18,19). The van der Waals surface area contributed by atoms with Gasteiger partial charge in [-0.3, -0.25) is 4.79 Å². The van der Waals surface area contributed by atoms with E-state index in [1.54, 1.807) is 6.20 Å². The molecule has 0 radical (unpaired) electrons. The zero-order chi connectivity index (χ0) is 15.1. The zero-order valence-electron chi connectivity index (χ0n) is 12.0. The number of aromatic nitrogens is 2. The Kier molecular flexibility index (Phi) is 5.57. The van der Waals surface area contributed by atoms with Gasteiger partial charge in [-0.1, -0.05) is 11.8 Å². The number of nitrogens with zero attached hydrogens (tertiary/aromatic N) is 2. The number of carbonyl (C=O) groups is 1. The summed E-state index contributed by atoms with van der Waals surface area (Å²) in [6.07, 6.45) is 1.69. The molecular weight excluding hydrogens is 286 g/mol. The van der Waals surface area contributed by atoms with Crippen molar-refractivity contribution >= 4 is 23.4 Å². The van der Waals surface area contributed by atoms with Gasteiger partial charge in [0, 0.05) is 17.6 Å². The second-order valence-electron chi connectivity index (χ2n) is 4.27. The van der Waals surface area contributed by atoms with Gasteiger partial charge in [-0.15, -0.1) is 0 Å². The number of benzene rings is 1. The first-order valence-electron chi connectivity index (χ1n) is 6.62. The normalized spacial score (nSPS) is 10.2. The Hall–Kier alpha value is -2.08. The van der Waals surface area contributed by atoms with Gasteiger partial charge in [-0.25, -0.2) is 9.97 Å². The fraction of sp³-hybridized carbons (Fsp3) is 0.267. The molecule has 6 heteroatoms. The number of aryl methyl sites for hydroxylation is 1. The Balaban J connectivity index is 1.84. The van der Waals surface area contributed by atoms with Crippen LogP contribution in [0.25, 0.3) is 0 Å². The maximum atomic E-state index is 11.9. The molecule has 5 nitrogen and oxygen atoms in total. The molecule has 1 aromatic carbocycles. The number of amides is 1. The molecule has 0 atom stereocenters. The minimum Gasteiger partial charge on any atom is -0.494 e. The third kappa shape index (κ3) is 5.07. The lowest BCUT2D eigenvalue weighted by Crippen LogP contribution is -2.14. The fourth-order valence-electron chi connectivity index (χ4n) is 1.62. The number of ether oxygens (including phenoxy) is 1. The highest BCUT2D eigenvalue weighted by Gasteiger charge is 2.05. The van der Waals surface area contributed by atoms with E-state index < -0.39 is 0 Å². The van der Waals surface area contributed by atoms with Crippen LogP contribution in [-0.2, 0) is 4.79 Å². The lowest BCUT2D eigenvalue weighted by atomic mass is 10.3. The minimum atomic E-state index is -0.0886. The molecule has 0 fully saturated rings. The Morgan fingerprint density at radius 1 is 1.29 bits per heavy atom. The number of anilines is 1. The van der Waals surface area contributed by atoms with Crippen LogP contribution in [0.15, 0.2) is 41.7 Å². The third-order valence-corrected chi connectivity index (χ3v) is 3.42. The lowest BCUT2D eigenvalue weighted by Gasteiger charge is -2.06. The van der Waals surface area contributed by atoms with Crippen molar-refractivity contribution in [2.75, 3.05) is 17.7 Å². The third-order valence-electron chi connectivity index (χ3n) is 2.55. The van der Waals surface area contributed by atoms with Crippen molar-refractivity contribution in [3.8, 4) is 5.75 Å². The van der Waals surface area contributed by atoms with Gasteiger partial charge >= 0.3 is 0 Å². The molecule has 1 aromatic heterocycles. The van der Waals surface area contributed by atoms with E-state index in [0.717, 1.165) is 17.1 Å². The van der Waals surface area contributed by atoms with Gasteiger partial charge < -0.3 is 10.1 Å². The van der Waals surface area contributed by atoms with Crippen molar-refractivity contribution in [2.24, 2.45) is 0 Å². The SMILES string of the molecule is CCOc1ccc(NC(=O)CSc2nccc(C)n2)cc1. The Labute approximate surface area is 128 Å². The first-order chi connectivity index (χ1) is 10.2. The molecular formula is C15H17N3O2S. The topological polar surface area (TPSA) is 64.1 Å². The summed E-state index contributed by atoms with van der Waals surface area (Å²) in [5.41, 5.74) is 1.63. The fourth-order valence-corrected chi connectivity index (χ4v) is 2.30. The molecule has 0 unspecified atom stereocenters. The maximum Gasteiger partial charge on any atom is 0.234 e. The van der Waals surface area contributed by atoms with Gasteiger partial charge in [0.05, 0.1) is 12.4 Å². The highest BCUT2D eigenvalue weighted by molar-refractivity contribution is 7.99. The van der Waals surface area contributed by atoms with Crippen LogP contribution in [0.1, 0.15) is 12.6 Å². The summed E-state index contributed by atoms with van der Waals surface area (Å²) >= 11 is 1.31. The van der Waals surface area contributed by atoms with E-state index in [2.05, 4.69) is 15.3 Å². The number of nitrogens with one attached hydrogen (secondary N) is 1. The molecule has 0 aliphatic rings. The first kappa shape index (κ1) is 15.3. The molecule has 2 aromatic rings. The second-order valence-corrected chi connectivity index (χ2v) is 5.22. The summed E-state index contributed by atoms with van der Waals surface area (Å²) in [6, 6.07) is 9.11. The van der Waals surface area contributed by atoms with Gasteiger partial charge in [-0.05, 0) is 44.2 Å². The highest BCUT2D eigenvalue weighted by Crippen LogP contribution is 2.17. The molecule has 0 saturated heterocycles. The molecule has 0 aliphatic carbocycles. The molecule has 0 spiro atoms. The molecule has 1 heterocycles. The van der Waals surface area contributed by atoms with Crippen molar-refractivity contribution in [3.63, 3.8) is 0 Å². The van der Waals surface area contributed by atoms with Crippen molar-refractivity contribution in [2.45, 2.75) is 19.0 Å². The number of rotatable bonds is 6. The molecule has 0 aliphatic heterocycles. The summed E-state index contributed by atoms with van der Waals surface area (Å²) < 4.78 is 5.35. The monoisotopic (exact) mass is 303 g/mol. The Morgan fingerprint density at radius 3 is 2.71 bits per heavy atom. The summed E-state index contributed by atoms with van der Waals surface area (Å²) in [4.78, 5) is 20.2. The van der Waals surface area contributed by atoms with E-state index in [1.807, 2.05) is 44.2 Å². The smallest absolute Gasteiger partial charge is 0.234 e.